The van der Waals surface area contributed by atoms with Gasteiger partial charge in [0.15, 0.2) is 24.6 Å². The van der Waals surface area contributed by atoms with E-state index in [9.17, 15) is 33.6 Å². The lowest BCUT2D eigenvalue weighted by Crippen LogP contribution is -2.65. The number of hydrogen-bond donors (Lipinski definition) is 1. The third kappa shape index (κ3) is 11.4. The van der Waals surface area contributed by atoms with Crippen LogP contribution in [0.5, 0.6) is 0 Å². The van der Waals surface area contributed by atoms with Crippen molar-refractivity contribution < 1.29 is 71.5 Å². The summed E-state index contributed by atoms with van der Waals surface area (Å²) in [6.45, 7) is 7.48. The fraction of sp³-hybridized carbons (Fsp3) is 0.741. The summed E-state index contributed by atoms with van der Waals surface area (Å²) < 4.78 is 44.3. The average Bonchev–Trinajstić information content (AvgIpc) is 2.85. The van der Waals surface area contributed by atoms with Gasteiger partial charge in [0.05, 0.1) is 18.8 Å². The van der Waals surface area contributed by atoms with Gasteiger partial charge in [-0.1, -0.05) is 0 Å². The van der Waals surface area contributed by atoms with E-state index in [1.165, 1.54) is 20.8 Å². The van der Waals surface area contributed by atoms with E-state index < -0.39 is 103 Å². The Morgan fingerprint density at radius 3 is 1.65 bits per heavy atom. The van der Waals surface area contributed by atoms with Crippen LogP contribution in [0.3, 0.4) is 0 Å². The lowest BCUT2D eigenvalue weighted by molar-refractivity contribution is -0.322. The second-order valence-corrected chi connectivity index (χ2v) is 10.2. The van der Waals surface area contributed by atoms with Gasteiger partial charge < -0.3 is 43.2 Å². The third-order valence-electron chi connectivity index (χ3n) is 6.43. The van der Waals surface area contributed by atoms with Crippen LogP contribution < -0.4 is 5.32 Å². The Kier molecular flexibility index (Phi) is 13.3. The molecule has 1 aliphatic heterocycles. The number of carbonyl (C=O) groups excluding carboxylic acids is 7. The first-order valence-corrected chi connectivity index (χ1v) is 13.6. The highest BCUT2D eigenvalue weighted by molar-refractivity contribution is 5.73. The van der Waals surface area contributed by atoms with Crippen molar-refractivity contribution >= 4 is 41.7 Å². The molecule has 0 radical (unpaired) electrons. The van der Waals surface area contributed by atoms with Crippen LogP contribution in [-0.2, 0) is 71.5 Å². The monoisotopic (exact) mass is 617 g/mol. The largest absolute Gasteiger partial charge is 0.465 e. The molecule has 0 bridgehead atoms. The number of hydrogen-bond acceptors (Lipinski definition) is 15. The highest BCUT2D eigenvalue weighted by Gasteiger charge is 2.54. The Balaban J connectivity index is 2.57. The van der Waals surface area contributed by atoms with Crippen molar-refractivity contribution in [3.05, 3.63) is 0 Å². The molecule has 2 aliphatic rings. The third-order valence-corrected chi connectivity index (χ3v) is 6.43. The molecular formula is C27H39NO15. The first kappa shape index (κ1) is 35.4. The van der Waals surface area contributed by atoms with Crippen molar-refractivity contribution in [1.82, 2.24) is 5.32 Å². The molecule has 9 atom stereocenters. The van der Waals surface area contributed by atoms with Gasteiger partial charge in [-0.3, -0.25) is 33.6 Å². The van der Waals surface area contributed by atoms with E-state index in [2.05, 4.69) is 5.32 Å². The minimum Gasteiger partial charge on any atom is -0.465 e. The molecule has 16 nitrogen and oxygen atoms in total. The minimum atomic E-state index is -1.55. The maximum atomic E-state index is 12.2. The molecule has 16 heteroatoms. The Morgan fingerprint density at radius 1 is 0.628 bits per heavy atom. The summed E-state index contributed by atoms with van der Waals surface area (Å²) in [6.07, 6.45) is -8.73. The lowest BCUT2D eigenvalue weighted by atomic mass is 9.80. The molecule has 0 spiro atoms. The summed E-state index contributed by atoms with van der Waals surface area (Å²) in [5.74, 6) is -5.34. The van der Waals surface area contributed by atoms with Crippen LogP contribution in [0.2, 0.25) is 0 Å². The van der Waals surface area contributed by atoms with Crippen LogP contribution in [0.4, 0.5) is 0 Å². The highest BCUT2D eigenvalue weighted by atomic mass is 16.7. The van der Waals surface area contributed by atoms with Gasteiger partial charge in [-0.05, 0) is 6.42 Å². The lowest BCUT2D eigenvalue weighted by Gasteiger charge is -2.47. The molecule has 1 saturated carbocycles. The van der Waals surface area contributed by atoms with Gasteiger partial charge in [0, 0.05) is 60.8 Å². The molecule has 242 valence electrons. The fourth-order valence-electron chi connectivity index (χ4n) is 5.07. The van der Waals surface area contributed by atoms with E-state index in [1.54, 1.807) is 0 Å². The average molecular weight is 618 g/mol. The molecule has 1 aliphatic carbocycles. The van der Waals surface area contributed by atoms with Crippen molar-refractivity contribution in [2.45, 2.75) is 110 Å². The topological polar surface area (TPSA) is 205 Å². The van der Waals surface area contributed by atoms with Gasteiger partial charge in [0.25, 0.3) is 0 Å². The molecule has 0 aromatic heterocycles. The quantitative estimate of drug-likeness (QED) is 0.237. The zero-order valence-electron chi connectivity index (χ0n) is 25.1. The summed E-state index contributed by atoms with van der Waals surface area (Å²) in [6, 6.07) is -0.824. The van der Waals surface area contributed by atoms with Gasteiger partial charge in [-0.2, -0.15) is 0 Å². The van der Waals surface area contributed by atoms with Crippen LogP contribution in [0, 0.1) is 5.92 Å². The van der Waals surface area contributed by atoms with Crippen molar-refractivity contribution in [1.29, 1.82) is 0 Å². The van der Waals surface area contributed by atoms with Gasteiger partial charge >= 0.3 is 35.8 Å². The molecular weight excluding hydrogens is 578 g/mol. The molecule has 2 rings (SSSR count). The smallest absolute Gasteiger partial charge is 0.303 e. The molecule has 2 fully saturated rings. The van der Waals surface area contributed by atoms with Crippen molar-refractivity contribution in [2.24, 2.45) is 5.92 Å². The first-order chi connectivity index (χ1) is 20.1. The van der Waals surface area contributed by atoms with Gasteiger partial charge in [0.1, 0.15) is 18.8 Å². The summed E-state index contributed by atoms with van der Waals surface area (Å²) in [5.41, 5.74) is 0. The zero-order chi connectivity index (χ0) is 32.4. The van der Waals surface area contributed by atoms with Gasteiger partial charge in [-0.25, -0.2) is 0 Å². The van der Waals surface area contributed by atoms with Crippen LogP contribution in [0.1, 0.15) is 61.3 Å². The highest BCUT2D eigenvalue weighted by Crippen LogP contribution is 2.35. The van der Waals surface area contributed by atoms with Crippen molar-refractivity contribution in [3.63, 3.8) is 0 Å². The Labute approximate surface area is 248 Å². The normalized spacial score (nSPS) is 30.2. The number of amides is 1. The summed E-state index contributed by atoms with van der Waals surface area (Å²) in [5, 5.41) is 2.77. The van der Waals surface area contributed by atoms with Crippen LogP contribution in [0.25, 0.3) is 0 Å². The Hall–Kier alpha value is -3.79. The molecule has 0 aromatic rings. The number of carbonyl (C=O) groups is 7. The number of esters is 6. The summed E-state index contributed by atoms with van der Waals surface area (Å²) in [4.78, 5) is 83.5. The number of nitrogens with one attached hydrogen (secondary N) is 1. The number of rotatable bonds is 11. The molecule has 0 unspecified atom stereocenters. The molecule has 1 amide bonds. The molecule has 0 aromatic carbocycles. The van der Waals surface area contributed by atoms with Gasteiger partial charge in [-0.15, -0.1) is 0 Å². The van der Waals surface area contributed by atoms with E-state index in [1.807, 2.05) is 0 Å². The Morgan fingerprint density at radius 2 is 1.14 bits per heavy atom. The van der Waals surface area contributed by atoms with E-state index in [0.29, 0.717) is 0 Å². The molecule has 1 heterocycles. The Bertz CT molecular complexity index is 1060. The standard InChI is InChI=1S/C27H39NO15/c1-12(29)28-23-19(10-36-13(2)30)8-20(38-15(4)32)9-21(23)42-27-26(41-18(7)35)25(40-17(6)34)24(39-16(5)33)22(43-27)11-37-14(3)31/h19-27H,8-11H2,1-7H3,(H,28,29)/t19-,20-,21-,22+,23+,24+,25-,26+,27+/m0/s1. The van der Waals surface area contributed by atoms with Gasteiger partial charge in [0.2, 0.25) is 5.91 Å². The second kappa shape index (κ2) is 16.2. The van der Waals surface area contributed by atoms with Crippen LogP contribution in [-0.4, -0.2) is 104 Å². The van der Waals surface area contributed by atoms with Crippen molar-refractivity contribution in [2.75, 3.05) is 13.2 Å². The summed E-state index contributed by atoms with van der Waals surface area (Å²) in [7, 11) is 0. The zero-order valence-corrected chi connectivity index (χ0v) is 25.1. The van der Waals surface area contributed by atoms with E-state index in [-0.39, 0.29) is 19.4 Å². The number of ether oxygens (including phenoxy) is 8. The van der Waals surface area contributed by atoms with E-state index >= 15 is 0 Å². The van der Waals surface area contributed by atoms with Crippen molar-refractivity contribution in [3.8, 4) is 0 Å². The predicted octanol–water partition coefficient (Wildman–Crippen LogP) is -0.136. The molecule has 1 saturated heterocycles. The predicted molar refractivity (Wildman–Crippen MR) is 139 cm³/mol. The molecule has 43 heavy (non-hydrogen) atoms. The van der Waals surface area contributed by atoms with Crippen LogP contribution in [0.15, 0.2) is 0 Å². The summed E-state index contributed by atoms with van der Waals surface area (Å²) >= 11 is 0. The van der Waals surface area contributed by atoms with E-state index in [4.69, 9.17) is 37.9 Å². The first-order valence-electron chi connectivity index (χ1n) is 13.6. The molecule has 1 N–H and O–H groups in total. The SMILES string of the molecule is CC(=O)N[C@@H]1[C@H](COC(C)=O)C[C@H](OC(C)=O)C[C@@H]1O[C@@H]1O[C@H](COC(C)=O)[C@@H](OC(C)=O)[C@H](OC(C)=O)[C@H]1OC(C)=O. The maximum Gasteiger partial charge on any atom is 0.303 e. The van der Waals surface area contributed by atoms with Crippen LogP contribution >= 0.6 is 0 Å². The van der Waals surface area contributed by atoms with E-state index in [0.717, 1.165) is 27.7 Å². The maximum absolute atomic E-state index is 12.2. The second-order valence-electron chi connectivity index (χ2n) is 10.2. The minimum absolute atomic E-state index is 0.0218. The fourth-order valence-corrected chi connectivity index (χ4v) is 5.07.